The van der Waals surface area contributed by atoms with Gasteiger partial charge in [0.25, 0.3) is 0 Å². The van der Waals surface area contributed by atoms with Crippen LogP contribution in [0, 0.1) is 0 Å². The summed E-state index contributed by atoms with van der Waals surface area (Å²) < 4.78 is 2.36. The Bertz CT molecular complexity index is 1330. The molecule has 0 atom stereocenters. The number of aryl methyl sites for hydroxylation is 1. The summed E-state index contributed by atoms with van der Waals surface area (Å²) >= 11 is 1.87. The smallest absolute Gasteiger partial charge is 0.414 e. The highest BCUT2D eigenvalue weighted by Crippen LogP contribution is 2.47. The molecule has 0 saturated carbocycles. The number of nitrogens with zero attached hydrogens (tertiary/aromatic N) is 3. The molecule has 0 spiro atoms. The van der Waals surface area contributed by atoms with E-state index < -0.39 is 11.9 Å². The topological polar surface area (TPSA) is 108 Å². The Morgan fingerprint density at radius 2 is 1.43 bits per heavy atom. The Kier molecular flexibility index (Phi) is 8.81. The van der Waals surface area contributed by atoms with E-state index in [1.54, 1.807) is 0 Å². The van der Waals surface area contributed by atoms with Gasteiger partial charge in [-0.3, -0.25) is 0 Å². The number of rotatable bonds is 8. The van der Waals surface area contributed by atoms with Crippen LogP contribution in [0.3, 0.4) is 0 Å². The van der Waals surface area contributed by atoms with Gasteiger partial charge in [0, 0.05) is 35.8 Å². The van der Waals surface area contributed by atoms with Crippen LogP contribution in [0.5, 0.6) is 0 Å². The molecule has 0 amide bonds. The fourth-order valence-corrected chi connectivity index (χ4v) is 5.44. The van der Waals surface area contributed by atoms with Crippen molar-refractivity contribution in [2.24, 2.45) is 0 Å². The van der Waals surface area contributed by atoms with Gasteiger partial charge in [0.15, 0.2) is 0 Å². The molecule has 5 rings (SSSR count). The summed E-state index contributed by atoms with van der Waals surface area (Å²) in [4.78, 5) is 28.1. The molecule has 1 aliphatic rings. The van der Waals surface area contributed by atoms with E-state index in [-0.39, 0.29) is 0 Å². The van der Waals surface area contributed by atoms with Crippen LogP contribution in [-0.4, -0.2) is 51.3 Å². The van der Waals surface area contributed by atoms with Crippen molar-refractivity contribution >= 4 is 46.1 Å². The van der Waals surface area contributed by atoms with Gasteiger partial charge in [-0.2, -0.15) is 0 Å². The maximum atomic E-state index is 9.10. The van der Waals surface area contributed by atoms with Crippen LogP contribution in [-0.2, 0) is 22.6 Å². The second-order valence-corrected chi connectivity index (χ2v) is 9.51. The minimum atomic E-state index is -1.82. The van der Waals surface area contributed by atoms with Gasteiger partial charge in [0.2, 0.25) is 0 Å². The summed E-state index contributed by atoms with van der Waals surface area (Å²) in [5.74, 6) is -2.48. The summed E-state index contributed by atoms with van der Waals surface area (Å²) in [6.45, 7) is 6.10. The van der Waals surface area contributed by atoms with Gasteiger partial charge in [-0.05, 0) is 49.4 Å². The molecular formula is C28H30N4O4S. The Morgan fingerprint density at radius 3 is 2.05 bits per heavy atom. The molecule has 37 heavy (non-hydrogen) atoms. The highest BCUT2D eigenvalue weighted by atomic mass is 32.2. The van der Waals surface area contributed by atoms with Gasteiger partial charge in [0.1, 0.15) is 5.82 Å². The lowest BCUT2D eigenvalue weighted by Gasteiger charge is -2.32. The molecule has 9 heteroatoms. The van der Waals surface area contributed by atoms with E-state index in [9.17, 15) is 0 Å². The fourth-order valence-electron chi connectivity index (χ4n) is 4.34. The van der Waals surface area contributed by atoms with Crippen LogP contribution in [0.25, 0.3) is 11.0 Å². The third-order valence-electron chi connectivity index (χ3n) is 6.01. The van der Waals surface area contributed by atoms with Crippen LogP contribution in [0.1, 0.15) is 19.2 Å². The Balaban J connectivity index is 0.000000480. The minimum Gasteiger partial charge on any atom is -0.473 e. The van der Waals surface area contributed by atoms with E-state index in [1.807, 2.05) is 11.8 Å². The molecule has 8 nitrogen and oxygen atoms in total. The molecule has 0 radical (unpaired) electrons. The monoisotopic (exact) mass is 518 g/mol. The van der Waals surface area contributed by atoms with Crippen molar-refractivity contribution in [3.05, 3.63) is 78.6 Å². The highest BCUT2D eigenvalue weighted by molar-refractivity contribution is 7.99. The second kappa shape index (κ2) is 12.4. The van der Waals surface area contributed by atoms with Crippen molar-refractivity contribution < 1.29 is 19.8 Å². The number of carboxylic acid groups (broad SMARTS) is 2. The first-order valence-electron chi connectivity index (χ1n) is 12.2. The normalized spacial score (nSPS) is 11.9. The number of aromatic nitrogens is 2. The number of nitrogens with one attached hydrogen (secondary N) is 1. The Hall–Kier alpha value is -3.82. The lowest BCUT2D eigenvalue weighted by Crippen LogP contribution is -2.27. The number of hydrogen-bond donors (Lipinski definition) is 3. The van der Waals surface area contributed by atoms with Crippen molar-refractivity contribution in [2.75, 3.05) is 24.5 Å². The minimum absolute atomic E-state index is 0.954. The quantitative estimate of drug-likeness (QED) is 0.220. The van der Waals surface area contributed by atoms with Crippen molar-refractivity contribution in [3.63, 3.8) is 0 Å². The highest BCUT2D eigenvalue weighted by Gasteiger charge is 2.22. The van der Waals surface area contributed by atoms with Gasteiger partial charge < -0.3 is 25.0 Å². The van der Waals surface area contributed by atoms with Crippen LogP contribution < -0.4 is 10.2 Å². The molecule has 0 fully saturated rings. The Morgan fingerprint density at radius 1 is 0.838 bits per heavy atom. The van der Waals surface area contributed by atoms with E-state index in [2.05, 4.69) is 94.5 Å². The van der Waals surface area contributed by atoms with E-state index >= 15 is 0 Å². The van der Waals surface area contributed by atoms with Crippen LogP contribution in [0.2, 0.25) is 0 Å². The number of imidazole rings is 1. The third-order valence-corrected chi connectivity index (χ3v) is 7.14. The maximum absolute atomic E-state index is 9.10. The van der Waals surface area contributed by atoms with Crippen molar-refractivity contribution in [2.45, 2.75) is 36.1 Å². The average Bonchev–Trinajstić information content (AvgIpc) is 3.28. The molecule has 0 bridgehead atoms. The first kappa shape index (κ1) is 26.2. The summed E-state index contributed by atoms with van der Waals surface area (Å²) in [5, 5.41) is 18.4. The van der Waals surface area contributed by atoms with Gasteiger partial charge in [-0.25, -0.2) is 14.6 Å². The predicted octanol–water partition coefficient (Wildman–Crippen LogP) is 5.04. The molecule has 1 aliphatic heterocycles. The first-order valence-corrected chi connectivity index (χ1v) is 13.1. The number of carbonyl (C=O) groups is 2. The van der Waals surface area contributed by atoms with Gasteiger partial charge >= 0.3 is 11.9 Å². The van der Waals surface area contributed by atoms with Gasteiger partial charge in [-0.15, -0.1) is 0 Å². The number of aliphatic carboxylic acids is 2. The lowest BCUT2D eigenvalue weighted by atomic mass is 10.2. The van der Waals surface area contributed by atoms with Crippen LogP contribution in [0.15, 0.2) is 82.6 Å². The number of carboxylic acids is 2. The van der Waals surface area contributed by atoms with E-state index in [0.29, 0.717) is 0 Å². The van der Waals surface area contributed by atoms with Gasteiger partial charge in [-0.1, -0.05) is 55.1 Å². The maximum Gasteiger partial charge on any atom is 0.414 e. The van der Waals surface area contributed by atoms with E-state index in [1.165, 1.54) is 32.5 Å². The zero-order chi connectivity index (χ0) is 26.2. The number of anilines is 2. The number of para-hydroxylation sites is 4. The molecule has 1 aromatic heterocycles. The molecule has 0 unspecified atom stereocenters. The molecule has 3 N–H and O–H groups in total. The van der Waals surface area contributed by atoms with E-state index in [0.717, 1.165) is 44.5 Å². The van der Waals surface area contributed by atoms with Crippen molar-refractivity contribution in [1.82, 2.24) is 14.9 Å². The molecule has 0 aliphatic carbocycles. The Labute approximate surface area is 219 Å². The number of hydrogen-bond acceptors (Lipinski definition) is 6. The predicted molar refractivity (Wildman–Crippen MR) is 146 cm³/mol. The summed E-state index contributed by atoms with van der Waals surface area (Å²) in [6.07, 6.45) is 2.05. The summed E-state index contributed by atoms with van der Waals surface area (Å²) in [6, 6.07) is 25.9. The molecule has 2 heterocycles. The molecule has 0 saturated heterocycles. The average molecular weight is 519 g/mol. The molecular weight excluding hydrogens is 488 g/mol. The van der Waals surface area contributed by atoms with Crippen molar-refractivity contribution in [3.8, 4) is 0 Å². The second-order valence-electron chi connectivity index (χ2n) is 8.42. The molecule has 4 aromatic rings. The fraction of sp³-hybridized carbons (Fsp3) is 0.250. The summed E-state index contributed by atoms with van der Waals surface area (Å²) in [5.41, 5.74) is 4.98. The van der Waals surface area contributed by atoms with E-state index in [4.69, 9.17) is 24.8 Å². The first-order chi connectivity index (χ1) is 18.0. The largest absolute Gasteiger partial charge is 0.473 e. The van der Waals surface area contributed by atoms with Crippen LogP contribution >= 0.6 is 11.8 Å². The van der Waals surface area contributed by atoms with Crippen LogP contribution in [0.4, 0.5) is 11.4 Å². The zero-order valence-corrected chi connectivity index (χ0v) is 21.4. The number of benzene rings is 3. The standard InChI is InChI=1S/C26H28N4S.C2H2O4/c1-2-26-28-20-10-3-4-11-21(20)30(26)19-17-27-16-9-18-29-22-12-5-7-14-24(22)31-25-15-8-6-13-23(25)29;3-1(4)2(5)6/h3-8,10-15,27H,2,9,16-19H2,1H3;(H,3,4)(H,5,6). The summed E-state index contributed by atoms with van der Waals surface area (Å²) in [7, 11) is 0. The van der Waals surface area contributed by atoms with Crippen molar-refractivity contribution in [1.29, 1.82) is 0 Å². The third kappa shape index (κ3) is 6.31. The number of fused-ring (bicyclic) bond motifs is 3. The lowest BCUT2D eigenvalue weighted by molar-refractivity contribution is -0.159. The zero-order valence-electron chi connectivity index (χ0n) is 20.6. The molecule has 192 valence electrons. The van der Waals surface area contributed by atoms with Gasteiger partial charge in [0.05, 0.1) is 22.4 Å². The SMILES string of the molecule is CCc1nc2ccccc2n1CCNCCCN1c2ccccc2Sc2ccccc21.O=C(O)C(=O)O. The molecule has 3 aromatic carbocycles.